The lowest BCUT2D eigenvalue weighted by atomic mass is 9.80. The van der Waals surface area contributed by atoms with Crippen molar-refractivity contribution in [2.45, 2.75) is 132 Å². The molecule has 0 spiro atoms. The van der Waals surface area contributed by atoms with Crippen molar-refractivity contribution >= 4 is 63.2 Å². The molecule has 1 aromatic heterocycles. The normalized spacial score (nSPS) is 21.5. The van der Waals surface area contributed by atoms with E-state index in [2.05, 4.69) is 0 Å². The molecule has 4 aromatic carbocycles. The summed E-state index contributed by atoms with van der Waals surface area (Å²) < 4.78 is 302. The number of benzene rings is 4. The van der Waals surface area contributed by atoms with Crippen molar-refractivity contribution in [1.82, 2.24) is 0 Å². The smallest absolute Gasteiger partial charge is 0.456 e. The van der Waals surface area contributed by atoms with Crippen LogP contribution in [-0.2, 0) is 24.7 Å². The largest absolute Gasteiger partial charge is 0.460 e. The maximum absolute atomic E-state index is 16.4. The van der Waals surface area contributed by atoms with Gasteiger partial charge in [0.25, 0.3) is 0 Å². The quantitative estimate of drug-likeness (QED) is 0.145. The van der Waals surface area contributed by atoms with Gasteiger partial charge >= 0.3 is 46.3 Å². The van der Waals surface area contributed by atoms with Gasteiger partial charge in [-0.1, -0.05) is 44.6 Å². The van der Waals surface area contributed by atoms with Crippen molar-refractivity contribution in [3.05, 3.63) is 59.2 Å². The Kier molecular flexibility index (Phi) is 10.1. The molecule has 64 heavy (non-hydrogen) atoms. The van der Waals surface area contributed by atoms with E-state index < -0.39 is 98.7 Å². The molecule has 1 unspecified atom stereocenters. The summed E-state index contributed by atoms with van der Waals surface area (Å²) >= 11 is 0. The van der Waals surface area contributed by atoms with Crippen molar-refractivity contribution in [2.24, 2.45) is 0 Å². The zero-order valence-electron chi connectivity index (χ0n) is 32.1. The SMILES string of the molecule is O=S(=O)(c1ccc2cc3c(cc2c1C1CCCCC1)oc1cc2c(C4CCCCC4)c4c(cc2cc13)C(F)(C(F)(F)C(F)(F)C(F)(F)F)S4(=O)=O)C(F)(F)C(F)(F)C(F)(F)C(F)(F)F. The summed E-state index contributed by atoms with van der Waals surface area (Å²) in [5.74, 6) is -31.1. The predicted molar refractivity (Wildman–Crippen MR) is 194 cm³/mol. The Labute approximate surface area is 349 Å². The van der Waals surface area contributed by atoms with Crippen molar-refractivity contribution in [1.29, 1.82) is 0 Å². The standard InChI is InChI=1S/C40H29F17O5S2/c41-33(34(42,43)35(44,45)38(50,51)52)26-15-21-14-25-24-13-20-11-12-29(63(58,59)40(56,57)37(48,49)36(46,47)39(53,54)55)30(18-7-3-1-4-8-18)22(20)16-27(24)62-28(25)17-23(21)31(32(26)64(33,60)61)19-9-5-2-6-10-19/h11-19H,1-10H2. The van der Waals surface area contributed by atoms with Gasteiger partial charge in [0.2, 0.25) is 19.7 Å². The lowest BCUT2D eigenvalue weighted by Crippen LogP contribution is -2.66. The van der Waals surface area contributed by atoms with E-state index in [9.17, 15) is 69.5 Å². The molecule has 0 saturated heterocycles. The molecule has 5 nitrogen and oxygen atoms in total. The van der Waals surface area contributed by atoms with Gasteiger partial charge in [-0.15, -0.1) is 0 Å². The second kappa shape index (κ2) is 14.0. The van der Waals surface area contributed by atoms with Gasteiger partial charge in [-0.05, 0) is 107 Å². The van der Waals surface area contributed by atoms with E-state index in [-0.39, 0.29) is 74.7 Å². The molecule has 24 heteroatoms. The first kappa shape index (κ1) is 46.4. The third-order valence-electron chi connectivity index (χ3n) is 12.8. The molecule has 0 amide bonds. The van der Waals surface area contributed by atoms with Crippen LogP contribution in [0.2, 0.25) is 0 Å². The van der Waals surface area contributed by atoms with Crippen LogP contribution in [0.15, 0.2) is 56.7 Å². The van der Waals surface area contributed by atoms with E-state index in [0.29, 0.717) is 50.7 Å². The van der Waals surface area contributed by atoms with E-state index in [1.54, 1.807) is 0 Å². The van der Waals surface area contributed by atoms with E-state index >= 15 is 22.0 Å². The van der Waals surface area contributed by atoms with Gasteiger partial charge in [0, 0.05) is 16.3 Å². The van der Waals surface area contributed by atoms with Gasteiger partial charge in [-0.25, -0.2) is 21.2 Å². The van der Waals surface area contributed by atoms with E-state index in [1.807, 2.05) is 0 Å². The van der Waals surface area contributed by atoms with Crippen LogP contribution in [0.25, 0.3) is 43.5 Å². The fraction of sp³-hybridized carbons (Fsp3) is 0.500. The molecule has 8 rings (SSSR count). The van der Waals surface area contributed by atoms with E-state index in [1.165, 1.54) is 6.07 Å². The Balaban J connectivity index is 1.38. The van der Waals surface area contributed by atoms with Gasteiger partial charge in [-0.2, -0.15) is 70.2 Å². The average molecular weight is 977 g/mol. The molecule has 0 N–H and O–H groups in total. The first-order chi connectivity index (χ1) is 29.2. The molecule has 2 fully saturated rings. The Morgan fingerprint density at radius 1 is 0.547 bits per heavy atom. The van der Waals surface area contributed by atoms with Crippen molar-refractivity contribution in [2.75, 3.05) is 0 Å². The van der Waals surface area contributed by atoms with Crippen molar-refractivity contribution in [3.63, 3.8) is 0 Å². The minimum Gasteiger partial charge on any atom is -0.456 e. The Bertz CT molecular complexity index is 2980. The van der Waals surface area contributed by atoms with Crippen molar-refractivity contribution < 1.29 is 95.9 Å². The first-order valence-electron chi connectivity index (χ1n) is 19.4. The Morgan fingerprint density at radius 2 is 1.00 bits per heavy atom. The first-order valence-corrected chi connectivity index (χ1v) is 22.3. The van der Waals surface area contributed by atoms with Crippen LogP contribution in [-0.4, -0.2) is 58.1 Å². The summed E-state index contributed by atoms with van der Waals surface area (Å²) in [6.45, 7) is 0. The zero-order valence-corrected chi connectivity index (χ0v) is 33.7. The molecule has 5 aromatic rings. The Morgan fingerprint density at radius 3 is 1.48 bits per heavy atom. The molecule has 1 aliphatic heterocycles. The number of alkyl halides is 17. The van der Waals surface area contributed by atoms with Gasteiger partial charge in [0.1, 0.15) is 11.2 Å². The van der Waals surface area contributed by atoms with Gasteiger partial charge in [0.05, 0.1) is 9.79 Å². The molecule has 0 radical (unpaired) electrons. The summed E-state index contributed by atoms with van der Waals surface area (Å²) in [6, 6.07) is 5.93. The minimum atomic E-state index is -7.54. The van der Waals surface area contributed by atoms with Crippen LogP contribution in [0.4, 0.5) is 74.6 Å². The number of sulfone groups is 2. The van der Waals surface area contributed by atoms with Gasteiger partial charge < -0.3 is 4.42 Å². The predicted octanol–water partition coefficient (Wildman–Crippen LogP) is 13.9. The number of hydrogen-bond acceptors (Lipinski definition) is 5. The van der Waals surface area contributed by atoms with E-state index in [0.717, 1.165) is 24.3 Å². The zero-order chi connectivity index (χ0) is 47.4. The van der Waals surface area contributed by atoms with Crippen LogP contribution in [0.3, 0.4) is 0 Å². The summed E-state index contributed by atoms with van der Waals surface area (Å²) in [7, 11) is -13.4. The van der Waals surface area contributed by atoms with Crippen molar-refractivity contribution in [3.8, 4) is 0 Å². The number of halogens is 17. The number of furan rings is 1. The molecule has 2 saturated carbocycles. The lowest BCUT2D eigenvalue weighted by molar-refractivity contribution is -0.382. The van der Waals surface area contributed by atoms with E-state index in [4.69, 9.17) is 4.42 Å². The molecule has 350 valence electrons. The summed E-state index contributed by atoms with van der Waals surface area (Å²) in [5.41, 5.74) is -3.13. The van der Waals surface area contributed by atoms with Crippen LogP contribution in [0.5, 0.6) is 0 Å². The molecule has 1 atom stereocenters. The molecular weight excluding hydrogens is 948 g/mol. The van der Waals surface area contributed by atoms with Gasteiger partial charge in [0.15, 0.2) is 0 Å². The maximum atomic E-state index is 16.4. The second-order valence-electron chi connectivity index (χ2n) is 16.5. The molecular formula is C40H29F17O5S2. The average Bonchev–Trinajstić information content (AvgIpc) is 3.55. The number of hydrogen-bond donors (Lipinski definition) is 0. The third kappa shape index (κ3) is 5.86. The topological polar surface area (TPSA) is 81.4 Å². The molecule has 2 aliphatic carbocycles. The number of rotatable bonds is 8. The maximum Gasteiger partial charge on any atom is 0.460 e. The summed E-state index contributed by atoms with van der Waals surface area (Å²) in [4.78, 5) is -2.90. The van der Waals surface area contributed by atoms with Crippen LogP contribution in [0, 0.1) is 0 Å². The fourth-order valence-electron chi connectivity index (χ4n) is 9.50. The highest BCUT2D eigenvalue weighted by atomic mass is 32.2. The monoisotopic (exact) mass is 976 g/mol. The van der Waals surface area contributed by atoms with Crippen LogP contribution in [0.1, 0.15) is 92.7 Å². The molecule has 2 heterocycles. The summed E-state index contributed by atoms with van der Waals surface area (Å²) in [5, 5.41) is -13.6. The highest BCUT2D eigenvalue weighted by Crippen LogP contribution is 2.67. The van der Waals surface area contributed by atoms with Crippen LogP contribution >= 0.6 is 0 Å². The molecule has 0 bridgehead atoms. The number of fused-ring (bicyclic) bond motifs is 6. The van der Waals surface area contributed by atoms with Crippen LogP contribution < -0.4 is 0 Å². The minimum absolute atomic E-state index is 0.00734. The molecule has 3 aliphatic rings. The lowest BCUT2D eigenvalue weighted by Gasteiger charge is -2.45. The van der Waals surface area contributed by atoms with Gasteiger partial charge in [-0.3, -0.25) is 0 Å². The highest BCUT2D eigenvalue weighted by molar-refractivity contribution is 7.94. The third-order valence-corrected chi connectivity index (χ3v) is 16.8. The highest BCUT2D eigenvalue weighted by Gasteiger charge is 2.88. The second-order valence-corrected chi connectivity index (χ2v) is 20.4. The summed E-state index contributed by atoms with van der Waals surface area (Å²) in [6.07, 6.45) is -11.6. The fourth-order valence-corrected chi connectivity index (χ4v) is 13.2. The Hall–Kier alpha value is -4.09.